The third-order valence-corrected chi connectivity index (χ3v) is 3.30. The van der Waals surface area contributed by atoms with Crippen LogP contribution in [0.25, 0.3) is 0 Å². The van der Waals surface area contributed by atoms with Crippen molar-refractivity contribution in [3.63, 3.8) is 0 Å². The van der Waals surface area contributed by atoms with Crippen molar-refractivity contribution in [1.82, 2.24) is 15.1 Å². The van der Waals surface area contributed by atoms with Gasteiger partial charge in [0.2, 0.25) is 5.91 Å². The first-order chi connectivity index (χ1) is 7.44. The summed E-state index contributed by atoms with van der Waals surface area (Å²) in [7, 11) is 3.80. The van der Waals surface area contributed by atoms with E-state index in [9.17, 15) is 4.79 Å². The molecular weight excluding hydrogens is 202 g/mol. The van der Waals surface area contributed by atoms with Crippen LogP contribution in [0, 0.1) is 0 Å². The Morgan fingerprint density at radius 3 is 2.62 bits per heavy atom. The van der Waals surface area contributed by atoms with Gasteiger partial charge < -0.3 is 10.2 Å². The highest BCUT2D eigenvalue weighted by Crippen LogP contribution is 2.25. The molecule has 1 fully saturated rings. The predicted molar refractivity (Wildman–Crippen MR) is 66.4 cm³/mol. The largest absolute Gasteiger partial charge is 0.343 e. The van der Waals surface area contributed by atoms with Crippen LogP contribution in [-0.2, 0) is 4.79 Å². The molecule has 0 saturated carbocycles. The van der Waals surface area contributed by atoms with E-state index in [1.807, 2.05) is 19.0 Å². The second kappa shape index (κ2) is 5.15. The second-order valence-electron chi connectivity index (χ2n) is 5.27. The monoisotopic (exact) mass is 227 g/mol. The molecule has 0 aromatic heterocycles. The van der Waals surface area contributed by atoms with Crippen LogP contribution >= 0.6 is 0 Å². The summed E-state index contributed by atoms with van der Waals surface area (Å²) in [6, 6.07) is -0.0151. The van der Waals surface area contributed by atoms with E-state index in [0.717, 1.165) is 26.1 Å². The molecule has 1 aliphatic heterocycles. The molecule has 1 aliphatic rings. The highest BCUT2D eigenvalue weighted by atomic mass is 16.2. The summed E-state index contributed by atoms with van der Waals surface area (Å²) in [6.45, 7) is 9.12. The van der Waals surface area contributed by atoms with E-state index in [4.69, 9.17) is 0 Å². The summed E-state index contributed by atoms with van der Waals surface area (Å²) in [4.78, 5) is 16.3. The van der Waals surface area contributed by atoms with Gasteiger partial charge in [-0.15, -0.1) is 0 Å². The molecule has 1 unspecified atom stereocenters. The van der Waals surface area contributed by atoms with Crippen molar-refractivity contribution in [2.45, 2.75) is 38.8 Å². The van der Waals surface area contributed by atoms with Crippen LogP contribution in [0.5, 0.6) is 0 Å². The van der Waals surface area contributed by atoms with E-state index >= 15 is 0 Å². The average Bonchev–Trinajstić information content (AvgIpc) is 2.19. The molecule has 16 heavy (non-hydrogen) atoms. The fourth-order valence-corrected chi connectivity index (χ4v) is 2.65. The summed E-state index contributed by atoms with van der Waals surface area (Å²) >= 11 is 0. The third kappa shape index (κ3) is 2.55. The SMILES string of the molecule is CCCN1C(CNC)C(=O)N(C)CC1(C)C. The first kappa shape index (κ1) is 13.5. The van der Waals surface area contributed by atoms with Crippen LogP contribution in [0.3, 0.4) is 0 Å². The summed E-state index contributed by atoms with van der Waals surface area (Å²) in [5.41, 5.74) is 0.0696. The molecule has 0 aliphatic carbocycles. The number of carbonyl (C=O) groups is 1. The molecule has 1 heterocycles. The van der Waals surface area contributed by atoms with Crippen molar-refractivity contribution in [3.8, 4) is 0 Å². The lowest BCUT2D eigenvalue weighted by Gasteiger charge is -2.50. The maximum atomic E-state index is 12.1. The molecule has 0 radical (unpaired) electrons. The molecule has 0 spiro atoms. The quantitative estimate of drug-likeness (QED) is 0.761. The van der Waals surface area contributed by atoms with Crippen molar-refractivity contribution < 1.29 is 4.79 Å². The van der Waals surface area contributed by atoms with Gasteiger partial charge in [0.15, 0.2) is 0 Å². The van der Waals surface area contributed by atoms with Gasteiger partial charge in [-0.2, -0.15) is 0 Å². The number of rotatable bonds is 4. The van der Waals surface area contributed by atoms with E-state index in [2.05, 4.69) is 31.0 Å². The fraction of sp³-hybridized carbons (Fsp3) is 0.917. The van der Waals surface area contributed by atoms with E-state index < -0.39 is 0 Å². The zero-order valence-electron chi connectivity index (χ0n) is 11.2. The van der Waals surface area contributed by atoms with Crippen molar-refractivity contribution in [1.29, 1.82) is 0 Å². The minimum Gasteiger partial charge on any atom is -0.343 e. The number of amides is 1. The summed E-state index contributed by atoms with van der Waals surface area (Å²) < 4.78 is 0. The average molecular weight is 227 g/mol. The smallest absolute Gasteiger partial charge is 0.241 e. The maximum Gasteiger partial charge on any atom is 0.241 e. The Bertz CT molecular complexity index is 253. The van der Waals surface area contributed by atoms with E-state index in [0.29, 0.717) is 0 Å². The minimum atomic E-state index is -0.0151. The van der Waals surface area contributed by atoms with Crippen LogP contribution in [0.1, 0.15) is 27.2 Å². The zero-order valence-corrected chi connectivity index (χ0v) is 11.2. The number of likely N-dealkylation sites (N-methyl/N-ethyl adjacent to an activating group) is 2. The lowest BCUT2D eigenvalue weighted by atomic mass is 9.94. The van der Waals surface area contributed by atoms with Gasteiger partial charge in [0.25, 0.3) is 0 Å². The van der Waals surface area contributed by atoms with Crippen molar-refractivity contribution >= 4 is 5.91 Å². The molecule has 1 amide bonds. The van der Waals surface area contributed by atoms with Gasteiger partial charge in [-0.25, -0.2) is 0 Å². The molecule has 0 aromatic rings. The van der Waals surface area contributed by atoms with Crippen molar-refractivity contribution in [3.05, 3.63) is 0 Å². The zero-order chi connectivity index (χ0) is 12.3. The Morgan fingerprint density at radius 2 is 2.12 bits per heavy atom. The number of hydrogen-bond donors (Lipinski definition) is 1. The molecule has 1 rings (SSSR count). The molecule has 1 N–H and O–H groups in total. The molecule has 94 valence electrons. The summed E-state index contributed by atoms with van der Waals surface area (Å²) in [6.07, 6.45) is 1.08. The number of piperazine rings is 1. The number of hydrogen-bond acceptors (Lipinski definition) is 3. The highest BCUT2D eigenvalue weighted by Gasteiger charge is 2.42. The van der Waals surface area contributed by atoms with E-state index in [-0.39, 0.29) is 17.5 Å². The Balaban J connectivity index is 2.90. The standard InChI is InChI=1S/C12H25N3O/c1-6-7-15-10(8-13-4)11(16)14(5)9-12(15,2)3/h10,13H,6-9H2,1-5H3. The third-order valence-electron chi connectivity index (χ3n) is 3.30. The second-order valence-corrected chi connectivity index (χ2v) is 5.27. The Hall–Kier alpha value is -0.610. The van der Waals surface area contributed by atoms with Crippen molar-refractivity contribution in [2.24, 2.45) is 0 Å². The number of nitrogens with zero attached hydrogens (tertiary/aromatic N) is 2. The molecule has 0 aromatic carbocycles. The summed E-state index contributed by atoms with van der Waals surface area (Å²) in [5, 5.41) is 3.13. The van der Waals surface area contributed by atoms with Crippen molar-refractivity contribution in [2.75, 3.05) is 33.7 Å². The number of nitrogens with one attached hydrogen (secondary N) is 1. The van der Waals surface area contributed by atoms with Gasteiger partial charge >= 0.3 is 0 Å². The van der Waals surface area contributed by atoms with Crippen LogP contribution in [0.15, 0.2) is 0 Å². The number of carbonyl (C=O) groups excluding carboxylic acids is 1. The van der Waals surface area contributed by atoms with Gasteiger partial charge in [0.05, 0.1) is 0 Å². The Morgan fingerprint density at radius 1 is 1.50 bits per heavy atom. The Kier molecular flexibility index (Phi) is 4.33. The molecule has 1 atom stereocenters. The molecule has 1 saturated heterocycles. The van der Waals surface area contributed by atoms with E-state index in [1.54, 1.807) is 0 Å². The lowest BCUT2D eigenvalue weighted by Crippen LogP contribution is -2.67. The Labute approximate surface area is 99.0 Å². The van der Waals surface area contributed by atoms with Crippen LogP contribution in [0.4, 0.5) is 0 Å². The summed E-state index contributed by atoms with van der Waals surface area (Å²) in [5.74, 6) is 0.238. The highest BCUT2D eigenvalue weighted by molar-refractivity contribution is 5.83. The first-order valence-electron chi connectivity index (χ1n) is 6.10. The molecule has 0 bridgehead atoms. The van der Waals surface area contributed by atoms with Gasteiger partial charge in [-0.05, 0) is 33.9 Å². The first-order valence-corrected chi connectivity index (χ1v) is 6.10. The van der Waals surface area contributed by atoms with Gasteiger partial charge in [0.1, 0.15) is 6.04 Å². The normalized spacial score (nSPS) is 26.2. The topological polar surface area (TPSA) is 35.6 Å². The van der Waals surface area contributed by atoms with Crippen LogP contribution in [-0.4, -0.2) is 61.0 Å². The van der Waals surface area contributed by atoms with Gasteiger partial charge in [-0.3, -0.25) is 9.69 Å². The minimum absolute atomic E-state index is 0.0151. The molecule has 4 nitrogen and oxygen atoms in total. The van der Waals surface area contributed by atoms with Gasteiger partial charge in [0, 0.05) is 25.7 Å². The maximum absolute atomic E-state index is 12.1. The van der Waals surface area contributed by atoms with Crippen LogP contribution < -0.4 is 5.32 Å². The van der Waals surface area contributed by atoms with Gasteiger partial charge in [-0.1, -0.05) is 6.92 Å². The lowest BCUT2D eigenvalue weighted by molar-refractivity contribution is -0.147. The predicted octanol–water partition coefficient (Wildman–Crippen LogP) is 0.537. The van der Waals surface area contributed by atoms with E-state index in [1.165, 1.54) is 0 Å². The molecular formula is C12H25N3O. The van der Waals surface area contributed by atoms with Crippen LogP contribution in [0.2, 0.25) is 0 Å². The molecule has 4 heteroatoms. The fourth-order valence-electron chi connectivity index (χ4n) is 2.65.